The number of methoxy groups -OCH3 is 1. The maximum absolute atomic E-state index is 14.3. The highest BCUT2D eigenvalue weighted by Gasteiger charge is 2.50. The van der Waals surface area contributed by atoms with Crippen molar-refractivity contribution in [2.75, 3.05) is 30.5 Å². The number of aromatic nitrogens is 2. The molecule has 0 unspecified atom stereocenters. The minimum Gasteiger partial charge on any atom is -0.458 e. The van der Waals surface area contributed by atoms with Crippen molar-refractivity contribution in [1.82, 2.24) is 14.9 Å². The summed E-state index contributed by atoms with van der Waals surface area (Å²) >= 11 is 0. The Morgan fingerprint density at radius 1 is 1.23 bits per heavy atom. The molecule has 2 N–H and O–H groups in total. The van der Waals surface area contributed by atoms with Crippen LogP contribution in [0.2, 0.25) is 0 Å². The number of amides is 2. The largest absolute Gasteiger partial charge is 0.458 e. The molecule has 13 heteroatoms. The summed E-state index contributed by atoms with van der Waals surface area (Å²) in [4.78, 5) is 34.2. The lowest BCUT2D eigenvalue weighted by Crippen LogP contribution is -2.38. The number of benzene rings is 2. The molecule has 0 saturated carbocycles. The van der Waals surface area contributed by atoms with Crippen LogP contribution < -0.4 is 20.3 Å². The highest BCUT2D eigenvalue weighted by molar-refractivity contribution is 6.08. The van der Waals surface area contributed by atoms with Crippen LogP contribution in [-0.2, 0) is 33.0 Å². The number of hydrogen-bond acceptors (Lipinski definition) is 7. The first-order valence-corrected chi connectivity index (χ1v) is 13.3. The second kappa shape index (κ2) is 11.9. The van der Waals surface area contributed by atoms with E-state index in [0.29, 0.717) is 22.5 Å². The Morgan fingerprint density at radius 3 is 2.56 bits per heavy atom. The molecule has 0 atom stereocenters. The minimum atomic E-state index is -4.70. The van der Waals surface area contributed by atoms with Crippen molar-refractivity contribution in [2.45, 2.75) is 39.3 Å². The van der Waals surface area contributed by atoms with Gasteiger partial charge in [-0.25, -0.2) is 9.98 Å². The lowest BCUT2D eigenvalue weighted by molar-refractivity contribution is -0.138. The van der Waals surface area contributed by atoms with Crippen molar-refractivity contribution in [3.8, 4) is 5.75 Å². The van der Waals surface area contributed by atoms with Gasteiger partial charge in [0.1, 0.15) is 17.3 Å². The quantitative estimate of drug-likeness (QED) is 0.180. The van der Waals surface area contributed by atoms with Crippen LogP contribution in [0.4, 0.5) is 30.5 Å². The zero-order valence-electron chi connectivity index (χ0n) is 24.7. The number of halogens is 3. The number of fused-ring (bicyclic) bond motifs is 2. The van der Waals surface area contributed by atoms with Gasteiger partial charge in [-0.2, -0.15) is 13.2 Å². The second-order valence-corrected chi connectivity index (χ2v) is 10.4. The van der Waals surface area contributed by atoms with Gasteiger partial charge in [0.2, 0.25) is 17.8 Å². The SMILES string of the molecule is C=N/C(=C\C(=C/C)Oc1ccc2nc(Nc3cc4c(c(C(F)(F)F)c3)C(C)(C)C(=O)N4CCOC)n(C)c2c1)NC(C)=O. The Balaban J connectivity index is 1.71. The number of rotatable bonds is 10. The molecule has 2 aromatic carbocycles. The van der Waals surface area contributed by atoms with Gasteiger partial charge < -0.3 is 29.6 Å². The number of alkyl halides is 3. The van der Waals surface area contributed by atoms with Crippen LogP contribution in [0.3, 0.4) is 0 Å². The van der Waals surface area contributed by atoms with Gasteiger partial charge in [-0.3, -0.25) is 9.59 Å². The normalized spacial score (nSPS) is 15.1. The van der Waals surface area contributed by atoms with Crippen LogP contribution in [0.5, 0.6) is 5.75 Å². The molecule has 0 bridgehead atoms. The predicted molar refractivity (Wildman–Crippen MR) is 159 cm³/mol. The predicted octanol–water partition coefficient (Wildman–Crippen LogP) is 5.57. The van der Waals surface area contributed by atoms with E-state index in [9.17, 15) is 22.8 Å². The lowest BCUT2D eigenvalue weighted by Gasteiger charge is -2.21. The molecule has 1 aromatic heterocycles. The Hall–Kier alpha value is -4.65. The number of allylic oxidation sites excluding steroid dienone is 2. The van der Waals surface area contributed by atoms with E-state index in [0.717, 1.165) is 6.07 Å². The molecule has 228 valence electrons. The molecule has 3 aromatic rings. The van der Waals surface area contributed by atoms with Crippen LogP contribution in [0.25, 0.3) is 11.0 Å². The molecule has 4 rings (SSSR count). The van der Waals surface area contributed by atoms with Crippen LogP contribution in [-0.4, -0.2) is 48.3 Å². The fourth-order valence-electron chi connectivity index (χ4n) is 4.97. The number of ether oxygens (including phenoxy) is 2. The number of nitrogens with zero attached hydrogens (tertiary/aromatic N) is 4. The maximum Gasteiger partial charge on any atom is 0.416 e. The van der Waals surface area contributed by atoms with E-state index in [4.69, 9.17) is 9.47 Å². The summed E-state index contributed by atoms with van der Waals surface area (Å²) in [5.74, 6) is 0.595. The van der Waals surface area contributed by atoms with Gasteiger partial charge in [0, 0.05) is 51.0 Å². The number of carbonyl (C=O) groups is 2. The Labute approximate surface area is 246 Å². The summed E-state index contributed by atoms with van der Waals surface area (Å²) in [5.41, 5.74) is -0.821. The van der Waals surface area contributed by atoms with Crippen molar-refractivity contribution < 1.29 is 32.2 Å². The molecule has 0 aliphatic carbocycles. The monoisotopic (exact) mass is 598 g/mol. The van der Waals surface area contributed by atoms with Gasteiger partial charge >= 0.3 is 6.18 Å². The number of nitrogens with one attached hydrogen (secondary N) is 2. The van der Waals surface area contributed by atoms with Crippen molar-refractivity contribution in [2.24, 2.45) is 12.0 Å². The van der Waals surface area contributed by atoms with Gasteiger partial charge in [-0.05, 0) is 57.8 Å². The molecule has 0 fully saturated rings. The van der Waals surface area contributed by atoms with E-state index in [1.165, 1.54) is 44.9 Å². The number of anilines is 3. The van der Waals surface area contributed by atoms with E-state index in [2.05, 4.69) is 27.3 Å². The van der Waals surface area contributed by atoms with E-state index in [1.807, 2.05) is 0 Å². The summed E-state index contributed by atoms with van der Waals surface area (Å²) in [5, 5.41) is 5.55. The third kappa shape index (κ3) is 6.26. The number of aliphatic imine (C=N–C) groups is 1. The molecular formula is C30H33F3N6O4. The van der Waals surface area contributed by atoms with Crippen LogP contribution in [0, 0.1) is 0 Å². The molecule has 0 saturated heterocycles. The van der Waals surface area contributed by atoms with Crippen LogP contribution >= 0.6 is 0 Å². The molecule has 1 aliphatic heterocycles. The van der Waals surface area contributed by atoms with E-state index < -0.39 is 23.1 Å². The molecule has 0 radical (unpaired) electrons. The highest BCUT2D eigenvalue weighted by Crippen LogP contribution is 2.49. The maximum atomic E-state index is 14.3. The number of aryl methyl sites for hydroxylation is 1. The fourth-order valence-corrected chi connectivity index (χ4v) is 4.97. The summed E-state index contributed by atoms with van der Waals surface area (Å²) in [7, 11) is 3.18. The Bertz CT molecular complexity index is 1660. The standard InChI is InChI=1S/C30H33F3N6O4/c1-8-19(16-25(34-5)35-17(2)40)43-20-9-10-22-23(15-20)38(6)28(37-22)36-18-13-21(30(31,32)33)26-24(14-18)39(11-12-42-7)27(41)29(26,3)4/h8-10,13-16H,5,11-12H2,1-4,6-7H3,(H,35,40)(H,36,37)/b19-8+,25-16+. The smallest absolute Gasteiger partial charge is 0.416 e. The molecule has 2 amide bonds. The van der Waals surface area contributed by atoms with Crippen LogP contribution in [0.1, 0.15) is 38.8 Å². The van der Waals surface area contributed by atoms with Crippen molar-refractivity contribution in [1.29, 1.82) is 0 Å². The van der Waals surface area contributed by atoms with Crippen molar-refractivity contribution in [3.63, 3.8) is 0 Å². The Morgan fingerprint density at radius 2 is 1.95 bits per heavy atom. The first-order valence-electron chi connectivity index (χ1n) is 13.3. The molecule has 43 heavy (non-hydrogen) atoms. The molecular weight excluding hydrogens is 565 g/mol. The fraction of sp³-hybridized carbons (Fsp3) is 0.333. The molecule has 2 heterocycles. The van der Waals surface area contributed by atoms with Gasteiger partial charge in [0.15, 0.2) is 0 Å². The van der Waals surface area contributed by atoms with Crippen molar-refractivity contribution in [3.05, 3.63) is 65.2 Å². The second-order valence-electron chi connectivity index (χ2n) is 10.4. The number of carbonyl (C=O) groups excluding carboxylic acids is 2. The first kappa shape index (κ1) is 31.3. The summed E-state index contributed by atoms with van der Waals surface area (Å²) in [6, 6.07) is 7.67. The van der Waals surface area contributed by atoms with Crippen LogP contribution in [0.15, 0.2) is 59.1 Å². The summed E-state index contributed by atoms with van der Waals surface area (Å²) < 4.78 is 55.8. The Kier molecular flexibility index (Phi) is 8.67. The summed E-state index contributed by atoms with van der Waals surface area (Å²) in [6.07, 6.45) is -1.50. The number of imidazole rings is 1. The highest BCUT2D eigenvalue weighted by atomic mass is 19.4. The third-order valence-corrected chi connectivity index (χ3v) is 7.02. The van der Waals surface area contributed by atoms with E-state index >= 15 is 0 Å². The van der Waals surface area contributed by atoms with E-state index in [-0.39, 0.29) is 47.8 Å². The average Bonchev–Trinajstić information content (AvgIpc) is 3.34. The van der Waals surface area contributed by atoms with Gasteiger partial charge in [-0.15, -0.1) is 0 Å². The molecule has 10 nitrogen and oxygen atoms in total. The third-order valence-electron chi connectivity index (χ3n) is 7.02. The topological polar surface area (TPSA) is 110 Å². The first-order chi connectivity index (χ1) is 20.2. The average molecular weight is 599 g/mol. The molecule has 0 spiro atoms. The lowest BCUT2D eigenvalue weighted by atomic mass is 9.82. The zero-order chi connectivity index (χ0) is 31.7. The van der Waals surface area contributed by atoms with Crippen molar-refractivity contribution >= 4 is 46.9 Å². The zero-order valence-corrected chi connectivity index (χ0v) is 24.7. The minimum absolute atomic E-state index is 0.0689. The number of hydrogen-bond donors (Lipinski definition) is 2. The van der Waals surface area contributed by atoms with Gasteiger partial charge in [0.25, 0.3) is 0 Å². The summed E-state index contributed by atoms with van der Waals surface area (Å²) in [6.45, 7) is 9.82. The molecule has 1 aliphatic rings. The van der Waals surface area contributed by atoms with Gasteiger partial charge in [0.05, 0.1) is 34.3 Å². The van der Waals surface area contributed by atoms with E-state index in [1.54, 1.807) is 42.8 Å². The van der Waals surface area contributed by atoms with Gasteiger partial charge in [-0.1, -0.05) is 0 Å².